The fourth-order valence-electron chi connectivity index (χ4n) is 3.30. The molecule has 0 spiro atoms. The van der Waals surface area contributed by atoms with Crippen molar-refractivity contribution in [3.05, 3.63) is 51.4 Å². The smallest absolute Gasteiger partial charge is 0.287 e. The minimum atomic E-state index is -0.314. The minimum absolute atomic E-state index is 0.204. The summed E-state index contributed by atoms with van der Waals surface area (Å²) in [4.78, 5) is 20.6. The van der Waals surface area contributed by atoms with Crippen molar-refractivity contribution in [3.8, 4) is 0 Å². The van der Waals surface area contributed by atoms with E-state index in [4.69, 9.17) is 11.6 Å². The van der Waals surface area contributed by atoms with Gasteiger partial charge < -0.3 is 4.90 Å². The van der Waals surface area contributed by atoms with Crippen molar-refractivity contribution in [2.75, 3.05) is 31.1 Å². The number of hydrogen-bond acceptors (Lipinski definition) is 5. The zero-order chi connectivity index (χ0) is 18.1. The van der Waals surface area contributed by atoms with E-state index < -0.39 is 0 Å². The van der Waals surface area contributed by atoms with Crippen molar-refractivity contribution >= 4 is 17.3 Å². The molecule has 1 aliphatic carbocycles. The number of pyridine rings is 1. The molecule has 2 aliphatic rings. The van der Waals surface area contributed by atoms with Gasteiger partial charge >= 0.3 is 0 Å². The lowest BCUT2D eigenvalue weighted by molar-refractivity contribution is 0.249. The Morgan fingerprint density at radius 3 is 2.62 bits per heavy atom. The molecule has 138 valence electrons. The van der Waals surface area contributed by atoms with Crippen molar-refractivity contribution in [2.24, 2.45) is 5.92 Å². The zero-order valence-electron chi connectivity index (χ0n) is 14.4. The monoisotopic (exact) mass is 377 g/mol. The van der Waals surface area contributed by atoms with Crippen LogP contribution in [0, 0.1) is 11.7 Å². The van der Waals surface area contributed by atoms with Crippen molar-refractivity contribution in [1.29, 1.82) is 0 Å². The second-order valence-electron chi connectivity index (χ2n) is 7.05. The Morgan fingerprint density at radius 2 is 1.92 bits per heavy atom. The van der Waals surface area contributed by atoms with Crippen LogP contribution in [0.5, 0.6) is 0 Å². The highest BCUT2D eigenvalue weighted by molar-refractivity contribution is 6.33. The van der Waals surface area contributed by atoms with Crippen LogP contribution in [0.25, 0.3) is 0 Å². The first-order chi connectivity index (χ1) is 12.6. The van der Waals surface area contributed by atoms with E-state index in [0.717, 1.165) is 44.6 Å². The second-order valence-corrected chi connectivity index (χ2v) is 7.43. The molecule has 26 heavy (non-hydrogen) atoms. The zero-order valence-corrected chi connectivity index (χ0v) is 15.2. The van der Waals surface area contributed by atoms with Gasteiger partial charge in [-0.3, -0.25) is 14.7 Å². The highest BCUT2D eigenvalue weighted by Crippen LogP contribution is 2.30. The van der Waals surface area contributed by atoms with E-state index in [1.165, 1.54) is 16.9 Å². The Morgan fingerprint density at radius 1 is 1.15 bits per heavy atom. The topological polar surface area (TPSA) is 54.3 Å². The third-order valence-corrected chi connectivity index (χ3v) is 5.33. The summed E-state index contributed by atoms with van der Waals surface area (Å²) in [6.07, 6.45) is 6.93. The molecule has 3 heterocycles. The van der Waals surface area contributed by atoms with E-state index >= 15 is 0 Å². The summed E-state index contributed by atoms with van der Waals surface area (Å²) >= 11 is 6.34. The van der Waals surface area contributed by atoms with Gasteiger partial charge in [0.05, 0.1) is 18.1 Å². The maximum absolute atomic E-state index is 13.3. The van der Waals surface area contributed by atoms with Gasteiger partial charge in [-0.25, -0.2) is 9.07 Å². The van der Waals surface area contributed by atoms with Crippen LogP contribution in [0.15, 0.2) is 29.5 Å². The maximum atomic E-state index is 13.3. The second kappa shape index (κ2) is 7.32. The quantitative estimate of drug-likeness (QED) is 0.799. The Kier molecular flexibility index (Phi) is 4.91. The van der Waals surface area contributed by atoms with Crippen LogP contribution in [-0.4, -0.2) is 45.8 Å². The highest BCUT2D eigenvalue weighted by Gasteiger charge is 2.25. The first-order valence-corrected chi connectivity index (χ1v) is 9.30. The molecule has 4 rings (SSSR count). The molecule has 0 radical (unpaired) electrons. The lowest BCUT2D eigenvalue weighted by atomic mass is 10.2. The number of aromatic nitrogens is 3. The standard InChI is InChI=1S/C18H21ClFN5O/c19-17-16(10-22-25(18(17)26)12-13-1-2-13)24-5-3-23(4-6-24)11-14-7-15(20)9-21-8-14/h7-10,13H,1-6,11-12H2. The Bertz CT molecular complexity index is 846. The summed E-state index contributed by atoms with van der Waals surface area (Å²) in [6.45, 7) is 4.42. The average Bonchev–Trinajstić information content (AvgIpc) is 3.44. The predicted octanol–water partition coefficient (Wildman–Crippen LogP) is 2.16. The van der Waals surface area contributed by atoms with Crippen LogP contribution in [0.2, 0.25) is 5.02 Å². The fourth-order valence-corrected chi connectivity index (χ4v) is 3.57. The normalized spacial score (nSPS) is 18.3. The molecule has 0 amide bonds. The molecule has 8 heteroatoms. The molecule has 2 fully saturated rings. The number of halogens is 2. The number of anilines is 1. The molecular formula is C18H21ClFN5O. The fraction of sp³-hybridized carbons (Fsp3) is 0.500. The summed E-state index contributed by atoms with van der Waals surface area (Å²) in [5, 5.41) is 4.56. The third kappa shape index (κ3) is 3.88. The van der Waals surface area contributed by atoms with Crippen LogP contribution >= 0.6 is 11.6 Å². The summed E-state index contributed by atoms with van der Waals surface area (Å²) in [7, 11) is 0. The van der Waals surface area contributed by atoms with Crippen molar-refractivity contribution in [3.63, 3.8) is 0 Å². The lowest BCUT2D eigenvalue weighted by Crippen LogP contribution is -2.46. The summed E-state index contributed by atoms with van der Waals surface area (Å²) in [6, 6.07) is 1.51. The predicted molar refractivity (Wildman–Crippen MR) is 97.9 cm³/mol. The van der Waals surface area contributed by atoms with Gasteiger partial charge in [-0.15, -0.1) is 0 Å². The maximum Gasteiger partial charge on any atom is 0.287 e. The molecular weight excluding hydrogens is 357 g/mol. The van der Waals surface area contributed by atoms with E-state index in [2.05, 4.69) is 19.9 Å². The van der Waals surface area contributed by atoms with Crippen LogP contribution in [0.4, 0.5) is 10.1 Å². The SMILES string of the molecule is O=c1c(Cl)c(N2CCN(Cc3cncc(F)c3)CC2)cnn1CC1CC1. The average molecular weight is 378 g/mol. The molecule has 0 aromatic carbocycles. The molecule has 2 aromatic heterocycles. The van der Waals surface area contributed by atoms with E-state index in [1.54, 1.807) is 12.4 Å². The van der Waals surface area contributed by atoms with Gasteiger partial charge in [0.25, 0.3) is 5.56 Å². The van der Waals surface area contributed by atoms with Crippen molar-refractivity contribution in [1.82, 2.24) is 19.7 Å². The van der Waals surface area contributed by atoms with E-state index in [0.29, 0.717) is 24.7 Å². The minimum Gasteiger partial charge on any atom is -0.366 e. The van der Waals surface area contributed by atoms with E-state index in [-0.39, 0.29) is 16.4 Å². The van der Waals surface area contributed by atoms with Crippen LogP contribution < -0.4 is 10.5 Å². The van der Waals surface area contributed by atoms with Gasteiger partial charge in [0, 0.05) is 45.5 Å². The number of rotatable bonds is 5. The number of hydrogen-bond donors (Lipinski definition) is 0. The molecule has 2 aromatic rings. The first kappa shape index (κ1) is 17.4. The molecule has 1 saturated carbocycles. The summed E-state index contributed by atoms with van der Waals surface area (Å²) < 4.78 is 14.7. The van der Waals surface area contributed by atoms with Crippen LogP contribution in [0.3, 0.4) is 0 Å². The van der Waals surface area contributed by atoms with Gasteiger partial charge in [-0.1, -0.05) is 11.6 Å². The summed E-state index contributed by atoms with van der Waals surface area (Å²) in [5.74, 6) is 0.258. The molecule has 0 atom stereocenters. The lowest BCUT2D eigenvalue weighted by Gasteiger charge is -2.36. The van der Waals surface area contributed by atoms with Crippen molar-refractivity contribution < 1.29 is 4.39 Å². The Balaban J connectivity index is 1.40. The van der Waals surface area contributed by atoms with Gasteiger partial charge in [-0.05, 0) is 30.4 Å². The highest BCUT2D eigenvalue weighted by atomic mass is 35.5. The Labute approximate surface area is 156 Å². The van der Waals surface area contributed by atoms with Gasteiger partial charge in [-0.2, -0.15) is 5.10 Å². The molecule has 0 unspecified atom stereocenters. The number of nitrogens with zero attached hydrogens (tertiary/aromatic N) is 5. The number of piperazine rings is 1. The molecule has 6 nitrogen and oxygen atoms in total. The molecule has 1 aliphatic heterocycles. The van der Waals surface area contributed by atoms with E-state index in [1.807, 2.05) is 0 Å². The third-order valence-electron chi connectivity index (χ3n) is 4.98. The molecule has 0 N–H and O–H groups in total. The first-order valence-electron chi connectivity index (χ1n) is 8.92. The Hall–Kier alpha value is -1.99. The van der Waals surface area contributed by atoms with E-state index in [9.17, 15) is 9.18 Å². The van der Waals surface area contributed by atoms with Gasteiger partial charge in [0.1, 0.15) is 10.8 Å². The molecule has 0 bridgehead atoms. The van der Waals surface area contributed by atoms with Gasteiger partial charge in [0.2, 0.25) is 0 Å². The van der Waals surface area contributed by atoms with Crippen molar-refractivity contribution in [2.45, 2.75) is 25.9 Å². The van der Waals surface area contributed by atoms with Gasteiger partial charge in [0.15, 0.2) is 0 Å². The largest absolute Gasteiger partial charge is 0.366 e. The molecule has 1 saturated heterocycles. The van der Waals surface area contributed by atoms with Crippen LogP contribution in [0.1, 0.15) is 18.4 Å². The summed E-state index contributed by atoms with van der Waals surface area (Å²) in [5.41, 5.74) is 1.36. The van der Waals surface area contributed by atoms with Crippen LogP contribution in [-0.2, 0) is 13.1 Å².